The van der Waals surface area contributed by atoms with Crippen molar-refractivity contribution in [2.45, 2.75) is 48.0 Å². The SMILES string of the molecule is CC.CC(C)CCN(C)CC(C)C. The lowest BCUT2D eigenvalue weighted by Gasteiger charge is -2.19. The van der Waals surface area contributed by atoms with E-state index in [0.29, 0.717) is 0 Å². The molecule has 0 aliphatic rings. The molecule has 82 valence electrons. The molecule has 0 amide bonds. The van der Waals surface area contributed by atoms with Crippen molar-refractivity contribution >= 4 is 0 Å². The van der Waals surface area contributed by atoms with Crippen molar-refractivity contribution in [2.75, 3.05) is 20.1 Å². The molecule has 0 N–H and O–H groups in total. The van der Waals surface area contributed by atoms with Gasteiger partial charge in [-0.15, -0.1) is 0 Å². The summed E-state index contributed by atoms with van der Waals surface area (Å²) < 4.78 is 0. The molecule has 0 rings (SSSR count). The molecule has 0 heterocycles. The zero-order valence-electron chi connectivity index (χ0n) is 10.7. The van der Waals surface area contributed by atoms with E-state index < -0.39 is 0 Å². The van der Waals surface area contributed by atoms with Crippen LogP contribution in [0.25, 0.3) is 0 Å². The maximum absolute atomic E-state index is 2.42. The van der Waals surface area contributed by atoms with Crippen LogP contribution in [0.3, 0.4) is 0 Å². The van der Waals surface area contributed by atoms with Gasteiger partial charge in [0, 0.05) is 6.54 Å². The maximum atomic E-state index is 2.42. The van der Waals surface area contributed by atoms with Gasteiger partial charge in [-0.25, -0.2) is 0 Å². The van der Waals surface area contributed by atoms with Crippen LogP contribution in [-0.4, -0.2) is 25.0 Å². The number of nitrogens with zero attached hydrogens (tertiary/aromatic N) is 1. The molecule has 0 fully saturated rings. The standard InChI is InChI=1S/C10H23N.C2H6/c1-9(2)6-7-11(5)8-10(3)4;1-2/h9-10H,6-8H2,1-5H3;1-2H3. The van der Waals surface area contributed by atoms with Gasteiger partial charge in [-0.2, -0.15) is 0 Å². The molecule has 1 nitrogen and oxygen atoms in total. The summed E-state index contributed by atoms with van der Waals surface area (Å²) in [6.45, 7) is 15.6. The minimum atomic E-state index is 0.798. The molecular formula is C12H29N. The van der Waals surface area contributed by atoms with Crippen molar-refractivity contribution < 1.29 is 0 Å². The van der Waals surface area contributed by atoms with Crippen LogP contribution in [0.4, 0.5) is 0 Å². The normalized spacial score (nSPS) is 10.6. The second kappa shape index (κ2) is 10.0. The lowest BCUT2D eigenvalue weighted by atomic mass is 10.1. The molecule has 0 aromatic carbocycles. The van der Waals surface area contributed by atoms with Crippen LogP contribution < -0.4 is 0 Å². The summed E-state index contributed by atoms with van der Waals surface area (Å²) >= 11 is 0. The van der Waals surface area contributed by atoms with E-state index in [4.69, 9.17) is 0 Å². The van der Waals surface area contributed by atoms with Crippen LogP contribution in [0.2, 0.25) is 0 Å². The van der Waals surface area contributed by atoms with Gasteiger partial charge in [-0.1, -0.05) is 41.5 Å². The molecule has 0 atom stereocenters. The Kier molecular flexibility index (Phi) is 11.9. The monoisotopic (exact) mass is 187 g/mol. The van der Waals surface area contributed by atoms with Crippen molar-refractivity contribution in [2.24, 2.45) is 11.8 Å². The largest absolute Gasteiger partial charge is 0.306 e. The third kappa shape index (κ3) is 14.8. The molecule has 0 radical (unpaired) electrons. The molecule has 0 saturated heterocycles. The zero-order valence-corrected chi connectivity index (χ0v) is 10.7. The average molecular weight is 187 g/mol. The third-order valence-corrected chi connectivity index (χ3v) is 1.76. The van der Waals surface area contributed by atoms with E-state index in [9.17, 15) is 0 Å². The van der Waals surface area contributed by atoms with Crippen molar-refractivity contribution in [3.63, 3.8) is 0 Å². The Morgan fingerprint density at radius 3 is 1.69 bits per heavy atom. The van der Waals surface area contributed by atoms with Crippen molar-refractivity contribution in [3.8, 4) is 0 Å². The van der Waals surface area contributed by atoms with E-state index in [1.807, 2.05) is 13.8 Å². The average Bonchev–Trinajstić information content (AvgIpc) is 2.03. The van der Waals surface area contributed by atoms with Crippen molar-refractivity contribution in [1.82, 2.24) is 4.90 Å². The minimum Gasteiger partial charge on any atom is -0.306 e. The van der Waals surface area contributed by atoms with E-state index in [1.54, 1.807) is 0 Å². The first-order valence-corrected chi connectivity index (χ1v) is 5.71. The number of hydrogen-bond donors (Lipinski definition) is 0. The summed E-state index contributed by atoms with van der Waals surface area (Å²) in [7, 11) is 2.21. The Morgan fingerprint density at radius 1 is 0.923 bits per heavy atom. The first-order chi connectivity index (χ1) is 6.02. The van der Waals surface area contributed by atoms with Crippen LogP contribution in [0.5, 0.6) is 0 Å². The molecule has 0 saturated carbocycles. The predicted molar refractivity (Wildman–Crippen MR) is 63.1 cm³/mol. The van der Waals surface area contributed by atoms with E-state index in [-0.39, 0.29) is 0 Å². The van der Waals surface area contributed by atoms with Gasteiger partial charge in [0.05, 0.1) is 0 Å². The van der Waals surface area contributed by atoms with E-state index in [2.05, 4.69) is 39.6 Å². The fourth-order valence-corrected chi connectivity index (χ4v) is 1.19. The van der Waals surface area contributed by atoms with Crippen LogP contribution in [0.1, 0.15) is 48.0 Å². The Morgan fingerprint density at radius 2 is 1.38 bits per heavy atom. The molecule has 0 aromatic heterocycles. The highest BCUT2D eigenvalue weighted by molar-refractivity contribution is 4.56. The summed E-state index contributed by atoms with van der Waals surface area (Å²) in [5.74, 6) is 1.64. The maximum Gasteiger partial charge on any atom is 0.000133 e. The second-order valence-electron chi connectivity index (χ2n) is 4.34. The number of rotatable bonds is 5. The summed E-state index contributed by atoms with van der Waals surface area (Å²) in [6.07, 6.45) is 1.32. The van der Waals surface area contributed by atoms with Gasteiger partial charge in [-0.3, -0.25) is 0 Å². The van der Waals surface area contributed by atoms with Gasteiger partial charge >= 0.3 is 0 Å². The van der Waals surface area contributed by atoms with Gasteiger partial charge in [-0.05, 0) is 31.8 Å². The smallest absolute Gasteiger partial charge is 0.000133 e. The molecule has 13 heavy (non-hydrogen) atoms. The van der Waals surface area contributed by atoms with Gasteiger partial charge in [0.25, 0.3) is 0 Å². The van der Waals surface area contributed by atoms with Gasteiger partial charge in [0.15, 0.2) is 0 Å². The van der Waals surface area contributed by atoms with Crippen LogP contribution in [0.15, 0.2) is 0 Å². The zero-order chi connectivity index (χ0) is 10.9. The van der Waals surface area contributed by atoms with E-state index in [1.165, 1.54) is 19.5 Å². The summed E-state index contributed by atoms with van der Waals surface area (Å²) in [5, 5.41) is 0. The Bertz CT molecular complexity index is 87.1. The highest BCUT2D eigenvalue weighted by atomic mass is 15.1. The second-order valence-corrected chi connectivity index (χ2v) is 4.34. The van der Waals surface area contributed by atoms with Gasteiger partial charge in [0.1, 0.15) is 0 Å². The molecule has 0 bridgehead atoms. The van der Waals surface area contributed by atoms with Gasteiger partial charge in [0.2, 0.25) is 0 Å². The highest BCUT2D eigenvalue weighted by Gasteiger charge is 2.01. The summed E-state index contributed by atoms with van der Waals surface area (Å²) in [6, 6.07) is 0. The summed E-state index contributed by atoms with van der Waals surface area (Å²) in [5.41, 5.74) is 0. The fourth-order valence-electron chi connectivity index (χ4n) is 1.19. The minimum absolute atomic E-state index is 0.798. The number of hydrogen-bond acceptors (Lipinski definition) is 1. The van der Waals surface area contributed by atoms with Crippen molar-refractivity contribution in [1.29, 1.82) is 0 Å². The van der Waals surface area contributed by atoms with E-state index in [0.717, 1.165) is 11.8 Å². The Labute approximate surface area is 85.5 Å². The Balaban J connectivity index is 0. The van der Waals surface area contributed by atoms with Crippen molar-refractivity contribution in [3.05, 3.63) is 0 Å². The summed E-state index contributed by atoms with van der Waals surface area (Å²) in [4.78, 5) is 2.42. The molecule has 0 aliphatic heterocycles. The first-order valence-electron chi connectivity index (χ1n) is 5.71. The van der Waals surface area contributed by atoms with Crippen LogP contribution >= 0.6 is 0 Å². The fraction of sp³-hybridized carbons (Fsp3) is 1.00. The first kappa shape index (κ1) is 15.4. The molecule has 1 heteroatoms. The lowest BCUT2D eigenvalue weighted by molar-refractivity contribution is 0.278. The molecular weight excluding hydrogens is 158 g/mol. The molecule has 0 unspecified atom stereocenters. The predicted octanol–water partition coefficient (Wildman–Crippen LogP) is 3.65. The topological polar surface area (TPSA) is 3.24 Å². The lowest BCUT2D eigenvalue weighted by Crippen LogP contribution is -2.25. The van der Waals surface area contributed by atoms with Crippen LogP contribution in [-0.2, 0) is 0 Å². The van der Waals surface area contributed by atoms with Crippen LogP contribution in [0, 0.1) is 11.8 Å². The third-order valence-electron chi connectivity index (χ3n) is 1.76. The quantitative estimate of drug-likeness (QED) is 0.635. The highest BCUT2D eigenvalue weighted by Crippen LogP contribution is 2.02. The van der Waals surface area contributed by atoms with Gasteiger partial charge < -0.3 is 4.90 Å². The Hall–Kier alpha value is -0.0400. The molecule has 0 aliphatic carbocycles. The van der Waals surface area contributed by atoms with E-state index >= 15 is 0 Å². The molecule has 0 spiro atoms. The molecule has 0 aromatic rings.